The third-order valence-electron chi connectivity index (χ3n) is 5.29. The molecule has 160 valence electrons. The molecule has 3 aromatic rings. The monoisotopic (exact) mass is 481 g/mol. The predicted octanol–water partition coefficient (Wildman–Crippen LogP) is 2.71. The van der Waals surface area contributed by atoms with Gasteiger partial charge in [-0.2, -0.15) is 5.10 Å². The van der Waals surface area contributed by atoms with Crippen molar-refractivity contribution in [2.24, 2.45) is 0 Å². The third-order valence-corrected chi connectivity index (χ3v) is 5.70. The Labute approximate surface area is 189 Å². The minimum atomic E-state index is 0.00414. The lowest BCUT2D eigenvalue weighted by Crippen LogP contribution is -2.51. The van der Waals surface area contributed by atoms with Gasteiger partial charge in [-0.15, -0.1) is 0 Å². The van der Waals surface area contributed by atoms with Crippen LogP contribution in [0.5, 0.6) is 0 Å². The van der Waals surface area contributed by atoms with Gasteiger partial charge in [-0.25, -0.2) is 4.68 Å². The summed E-state index contributed by atoms with van der Waals surface area (Å²) in [6.07, 6.45) is 3.59. The number of nitrogens with one attached hydrogen (secondary N) is 1. The van der Waals surface area contributed by atoms with Crippen molar-refractivity contribution in [1.82, 2.24) is 24.9 Å². The summed E-state index contributed by atoms with van der Waals surface area (Å²) in [6.45, 7) is 3.47. The molecule has 31 heavy (non-hydrogen) atoms. The van der Waals surface area contributed by atoms with E-state index in [4.69, 9.17) is 0 Å². The minimum Gasteiger partial charge on any atom is -0.351 e. The predicted molar refractivity (Wildman–Crippen MR) is 122 cm³/mol. The van der Waals surface area contributed by atoms with E-state index >= 15 is 0 Å². The summed E-state index contributed by atoms with van der Waals surface area (Å²) in [5.41, 5.74) is 2.63. The molecule has 1 N–H and O–H groups in total. The molecule has 2 aromatic carbocycles. The van der Waals surface area contributed by atoms with Gasteiger partial charge in [0.15, 0.2) is 0 Å². The van der Waals surface area contributed by atoms with Gasteiger partial charge in [0.05, 0.1) is 22.9 Å². The molecule has 0 atom stereocenters. The Kier molecular flexibility index (Phi) is 6.79. The molecule has 0 spiro atoms. The van der Waals surface area contributed by atoms with Gasteiger partial charge < -0.3 is 10.2 Å². The molecule has 8 heteroatoms. The fourth-order valence-corrected chi connectivity index (χ4v) is 3.83. The molecule has 1 aliphatic heterocycles. The third kappa shape index (κ3) is 5.59. The molecule has 0 unspecified atom stereocenters. The Bertz CT molecular complexity index is 1030. The summed E-state index contributed by atoms with van der Waals surface area (Å²) in [4.78, 5) is 29.0. The highest BCUT2D eigenvalue weighted by molar-refractivity contribution is 9.10. The highest BCUT2D eigenvalue weighted by Crippen LogP contribution is 2.15. The molecule has 7 nitrogen and oxygen atoms in total. The van der Waals surface area contributed by atoms with Crippen molar-refractivity contribution < 1.29 is 9.59 Å². The van der Waals surface area contributed by atoms with Gasteiger partial charge in [-0.1, -0.05) is 30.3 Å². The van der Waals surface area contributed by atoms with Crippen LogP contribution in [0.15, 0.2) is 71.5 Å². The Morgan fingerprint density at radius 3 is 2.32 bits per heavy atom. The largest absolute Gasteiger partial charge is 0.351 e. The van der Waals surface area contributed by atoms with E-state index in [1.165, 1.54) is 0 Å². The second kappa shape index (κ2) is 9.89. The molecule has 1 saturated heterocycles. The van der Waals surface area contributed by atoms with Crippen LogP contribution in [0.3, 0.4) is 0 Å². The summed E-state index contributed by atoms with van der Waals surface area (Å²) in [5.74, 6) is 0.0193. The zero-order valence-corrected chi connectivity index (χ0v) is 18.7. The molecule has 4 rings (SSSR count). The molecule has 1 aromatic heterocycles. The first-order valence-corrected chi connectivity index (χ1v) is 11.0. The average Bonchev–Trinajstić information content (AvgIpc) is 3.25. The zero-order chi connectivity index (χ0) is 21.6. The van der Waals surface area contributed by atoms with Gasteiger partial charge >= 0.3 is 0 Å². The second-order valence-corrected chi connectivity index (χ2v) is 8.40. The summed E-state index contributed by atoms with van der Waals surface area (Å²) in [6, 6.07) is 17.3. The zero-order valence-electron chi connectivity index (χ0n) is 17.1. The first-order valence-electron chi connectivity index (χ1n) is 10.2. The lowest BCUT2D eigenvalue weighted by molar-refractivity contribution is -0.122. The van der Waals surface area contributed by atoms with E-state index in [-0.39, 0.29) is 11.8 Å². The normalized spacial score (nSPS) is 14.4. The van der Waals surface area contributed by atoms with Crippen molar-refractivity contribution in [1.29, 1.82) is 0 Å². The van der Waals surface area contributed by atoms with Crippen LogP contribution < -0.4 is 5.32 Å². The standard InChI is InChI=1S/C23H24BrN5O2/c24-20-15-26-29(16-20)21-8-6-19(7-9-21)23(31)28-12-10-27(11-13-28)17-22(30)25-14-18-4-2-1-3-5-18/h1-9,15-16H,10-14,17H2,(H,25,30). The van der Waals surface area contributed by atoms with Gasteiger partial charge in [-0.3, -0.25) is 14.5 Å². The number of amides is 2. The summed E-state index contributed by atoms with van der Waals surface area (Å²) >= 11 is 3.38. The molecule has 1 fully saturated rings. The van der Waals surface area contributed by atoms with Crippen molar-refractivity contribution in [3.05, 3.63) is 82.6 Å². The Hall–Kier alpha value is -2.97. The van der Waals surface area contributed by atoms with Crippen LogP contribution >= 0.6 is 15.9 Å². The highest BCUT2D eigenvalue weighted by Gasteiger charge is 2.23. The smallest absolute Gasteiger partial charge is 0.253 e. The maximum Gasteiger partial charge on any atom is 0.253 e. The summed E-state index contributed by atoms with van der Waals surface area (Å²) in [7, 11) is 0. The first kappa shape index (κ1) is 21.3. The van der Waals surface area contributed by atoms with Crippen molar-refractivity contribution >= 4 is 27.7 Å². The Morgan fingerprint density at radius 1 is 0.968 bits per heavy atom. The van der Waals surface area contributed by atoms with Crippen LogP contribution in [0, 0.1) is 0 Å². The molecular formula is C23H24BrN5O2. The van der Waals surface area contributed by atoms with E-state index in [1.807, 2.05) is 65.7 Å². The van der Waals surface area contributed by atoms with E-state index in [1.54, 1.807) is 10.9 Å². The SMILES string of the molecule is O=C(CN1CCN(C(=O)c2ccc(-n3cc(Br)cn3)cc2)CC1)NCc1ccccc1. The number of rotatable bonds is 6. The first-order chi connectivity index (χ1) is 15.1. The number of carbonyl (C=O) groups is 2. The van der Waals surface area contributed by atoms with E-state index in [0.29, 0.717) is 44.8 Å². The summed E-state index contributed by atoms with van der Waals surface area (Å²) in [5, 5.41) is 7.20. The van der Waals surface area contributed by atoms with E-state index < -0.39 is 0 Å². The fourth-order valence-electron chi connectivity index (χ4n) is 3.55. The molecule has 1 aliphatic rings. The average molecular weight is 482 g/mol. The maximum absolute atomic E-state index is 12.8. The van der Waals surface area contributed by atoms with Crippen LogP contribution in [0.25, 0.3) is 5.69 Å². The van der Waals surface area contributed by atoms with Crippen molar-refractivity contribution in [2.45, 2.75) is 6.54 Å². The highest BCUT2D eigenvalue weighted by atomic mass is 79.9. The van der Waals surface area contributed by atoms with E-state index in [9.17, 15) is 9.59 Å². The second-order valence-electron chi connectivity index (χ2n) is 7.48. The molecule has 2 amide bonds. The number of halogens is 1. The van der Waals surface area contributed by atoms with Crippen molar-refractivity contribution in [3.8, 4) is 5.69 Å². The maximum atomic E-state index is 12.8. The van der Waals surface area contributed by atoms with Gasteiger partial charge in [0.1, 0.15) is 0 Å². The van der Waals surface area contributed by atoms with Gasteiger partial charge in [-0.05, 0) is 45.8 Å². The van der Waals surface area contributed by atoms with E-state index in [2.05, 4.69) is 31.2 Å². The van der Waals surface area contributed by atoms with Gasteiger partial charge in [0.2, 0.25) is 5.91 Å². The molecule has 0 radical (unpaired) electrons. The van der Waals surface area contributed by atoms with Gasteiger partial charge in [0, 0.05) is 44.5 Å². The van der Waals surface area contributed by atoms with Crippen LogP contribution in [0.2, 0.25) is 0 Å². The number of hydrogen-bond acceptors (Lipinski definition) is 4. The van der Waals surface area contributed by atoms with Crippen molar-refractivity contribution in [2.75, 3.05) is 32.7 Å². The molecular weight excluding hydrogens is 458 g/mol. The molecule has 2 heterocycles. The molecule has 0 aliphatic carbocycles. The Balaban J connectivity index is 1.24. The van der Waals surface area contributed by atoms with Gasteiger partial charge in [0.25, 0.3) is 5.91 Å². The Morgan fingerprint density at radius 2 is 1.68 bits per heavy atom. The number of nitrogens with zero attached hydrogens (tertiary/aromatic N) is 4. The number of aromatic nitrogens is 2. The van der Waals surface area contributed by atoms with E-state index in [0.717, 1.165) is 15.7 Å². The molecule has 0 saturated carbocycles. The van der Waals surface area contributed by atoms with Crippen LogP contribution in [-0.2, 0) is 11.3 Å². The number of hydrogen-bond donors (Lipinski definition) is 1. The number of piperazine rings is 1. The quantitative estimate of drug-likeness (QED) is 0.587. The van der Waals surface area contributed by atoms with Crippen molar-refractivity contribution in [3.63, 3.8) is 0 Å². The minimum absolute atomic E-state index is 0.00414. The van der Waals surface area contributed by atoms with Crippen LogP contribution in [-0.4, -0.2) is 64.1 Å². The topological polar surface area (TPSA) is 70.5 Å². The summed E-state index contributed by atoms with van der Waals surface area (Å²) < 4.78 is 2.65. The number of carbonyl (C=O) groups excluding carboxylic acids is 2. The van der Waals surface area contributed by atoms with Crippen LogP contribution in [0.1, 0.15) is 15.9 Å². The molecule has 0 bridgehead atoms. The van der Waals surface area contributed by atoms with Crippen LogP contribution in [0.4, 0.5) is 0 Å². The number of benzene rings is 2. The fraction of sp³-hybridized carbons (Fsp3) is 0.261. The lowest BCUT2D eigenvalue weighted by atomic mass is 10.1. The lowest BCUT2D eigenvalue weighted by Gasteiger charge is -2.34.